The smallest absolute Gasteiger partial charge is 0.0100 e. The molecule has 9 heavy (non-hydrogen) atoms. The van der Waals surface area contributed by atoms with Crippen LogP contribution in [0.25, 0.3) is 0 Å². The van der Waals surface area contributed by atoms with Crippen molar-refractivity contribution in [1.82, 2.24) is 0 Å². The standard InChI is InChI=1S/C8H17N/c1-4-8(5-6-9)7(2)3/h5-8H,4,9H2,1-3H3. The van der Waals surface area contributed by atoms with Crippen LogP contribution in [0.4, 0.5) is 0 Å². The van der Waals surface area contributed by atoms with Crippen LogP contribution >= 0.6 is 0 Å². The summed E-state index contributed by atoms with van der Waals surface area (Å²) in [7, 11) is 0. The van der Waals surface area contributed by atoms with E-state index in [2.05, 4.69) is 26.8 Å². The largest absolute Gasteiger partial charge is 0.405 e. The lowest BCUT2D eigenvalue weighted by Gasteiger charge is -2.12. The van der Waals surface area contributed by atoms with Gasteiger partial charge in [-0.2, -0.15) is 0 Å². The summed E-state index contributed by atoms with van der Waals surface area (Å²) in [6.07, 6.45) is 4.91. The van der Waals surface area contributed by atoms with Gasteiger partial charge in [-0.3, -0.25) is 0 Å². The van der Waals surface area contributed by atoms with Crippen LogP contribution in [0.5, 0.6) is 0 Å². The van der Waals surface area contributed by atoms with Gasteiger partial charge in [0.2, 0.25) is 0 Å². The van der Waals surface area contributed by atoms with Crippen molar-refractivity contribution in [2.75, 3.05) is 0 Å². The highest BCUT2D eigenvalue weighted by atomic mass is 14.5. The quantitative estimate of drug-likeness (QED) is 0.617. The van der Waals surface area contributed by atoms with Gasteiger partial charge < -0.3 is 5.73 Å². The Kier molecular flexibility index (Phi) is 4.20. The van der Waals surface area contributed by atoms with Gasteiger partial charge in [-0.25, -0.2) is 0 Å². The molecule has 0 saturated carbocycles. The fraction of sp³-hybridized carbons (Fsp3) is 0.750. The average molecular weight is 127 g/mol. The molecule has 1 atom stereocenters. The molecular formula is C8H17N. The van der Waals surface area contributed by atoms with E-state index in [1.165, 1.54) is 6.42 Å². The molecule has 0 radical (unpaired) electrons. The van der Waals surface area contributed by atoms with Crippen molar-refractivity contribution >= 4 is 0 Å². The van der Waals surface area contributed by atoms with E-state index in [0.717, 1.165) is 5.92 Å². The fourth-order valence-electron chi connectivity index (χ4n) is 0.972. The highest BCUT2D eigenvalue weighted by molar-refractivity contribution is 4.85. The Labute approximate surface area is 57.9 Å². The van der Waals surface area contributed by atoms with Crippen LogP contribution in [-0.2, 0) is 0 Å². The van der Waals surface area contributed by atoms with Crippen molar-refractivity contribution in [2.24, 2.45) is 17.6 Å². The molecule has 0 fully saturated rings. The highest BCUT2D eigenvalue weighted by Gasteiger charge is 2.04. The van der Waals surface area contributed by atoms with E-state index in [1.807, 2.05) is 0 Å². The Morgan fingerprint density at radius 3 is 2.11 bits per heavy atom. The van der Waals surface area contributed by atoms with Crippen molar-refractivity contribution in [2.45, 2.75) is 27.2 Å². The topological polar surface area (TPSA) is 26.0 Å². The van der Waals surface area contributed by atoms with Crippen LogP contribution in [0.15, 0.2) is 12.3 Å². The Morgan fingerprint density at radius 2 is 2.00 bits per heavy atom. The summed E-state index contributed by atoms with van der Waals surface area (Å²) in [5.41, 5.74) is 5.26. The second kappa shape index (κ2) is 4.42. The number of allylic oxidation sites excluding steroid dienone is 1. The molecule has 0 amide bonds. The molecule has 1 nitrogen and oxygen atoms in total. The molecule has 0 aliphatic heterocycles. The van der Waals surface area contributed by atoms with Gasteiger partial charge in [-0.1, -0.05) is 26.8 Å². The minimum absolute atomic E-state index is 0.662. The van der Waals surface area contributed by atoms with Gasteiger partial charge >= 0.3 is 0 Å². The van der Waals surface area contributed by atoms with Gasteiger partial charge in [0, 0.05) is 0 Å². The molecule has 0 aromatic rings. The van der Waals surface area contributed by atoms with Crippen LogP contribution in [-0.4, -0.2) is 0 Å². The number of rotatable bonds is 3. The van der Waals surface area contributed by atoms with Gasteiger partial charge in [-0.05, 0) is 24.5 Å². The van der Waals surface area contributed by atoms with Gasteiger partial charge in [0.15, 0.2) is 0 Å². The second-order valence-corrected chi connectivity index (χ2v) is 2.70. The summed E-state index contributed by atoms with van der Waals surface area (Å²) in [5, 5.41) is 0. The molecule has 0 saturated heterocycles. The number of hydrogen-bond donors (Lipinski definition) is 1. The third kappa shape index (κ3) is 3.17. The van der Waals surface area contributed by atoms with Crippen LogP contribution in [0.3, 0.4) is 0 Å². The number of nitrogens with two attached hydrogens (primary N) is 1. The normalized spacial score (nSPS) is 15.1. The van der Waals surface area contributed by atoms with Gasteiger partial charge in [0.1, 0.15) is 0 Å². The lowest BCUT2D eigenvalue weighted by molar-refractivity contribution is 0.452. The first-order chi connectivity index (χ1) is 4.22. The molecule has 1 heteroatoms. The summed E-state index contributed by atoms with van der Waals surface area (Å²) in [6, 6.07) is 0. The Hall–Kier alpha value is -0.460. The first-order valence-corrected chi connectivity index (χ1v) is 3.60. The maximum Gasteiger partial charge on any atom is -0.0100 e. The van der Waals surface area contributed by atoms with Crippen LogP contribution in [0, 0.1) is 11.8 Å². The lowest BCUT2D eigenvalue weighted by atomic mass is 9.93. The highest BCUT2D eigenvalue weighted by Crippen LogP contribution is 2.14. The van der Waals surface area contributed by atoms with E-state index >= 15 is 0 Å². The molecule has 0 rings (SSSR count). The summed E-state index contributed by atoms with van der Waals surface area (Å²) in [4.78, 5) is 0. The van der Waals surface area contributed by atoms with Crippen molar-refractivity contribution in [3.05, 3.63) is 12.3 Å². The summed E-state index contributed by atoms with van der Waals surface area (Å²) in [5.74, 6) is 1.38. The van der Waals surface area contributed by atoms with E-state index in [9.17, 15) is 0 Å². The van der Waals surface area contributed by atoms with Gasteiger partial charge in [-0.15, -0.1) is 0 Å². The molecule has 0 aliphatic rings. The van der Waals surface area contributed by atoms with Gasteiger partial charge in [0.25, 0.3) is 0 Å². The van der Waals surface area contributed by atoms with Crippen molar-refractivity contribution in [1.29, 1.82) is 0 Å². The van der Waals surface area contributed by atoms with Gasteiger partial charge in [0.05, 0.1) is 0 Å². The monoisotopic (exact) mass is 127 g/mol. The molecule has 1 unspecified atom stereocenters. The summed E-state index contributed by atoms with van der Waals surface area (Å²) < 4.78 is 0. The van der Waals surface area contributed by atoms with Crippen molar-refractivity contribution in [3.63, 3.8) is 0 Å². The fourth-order valence-corrected chi connectivity index (χ4v) is 0.972. The van der Waals surface area contributed by atoms with Crippen molar-refractivity contribution < 1.29 is 0 Å². The second-order valence-electron chi connectivity index (χ2n) is 2.70. The van der Waals surface area contributed by atoms with Crippen LogP contribution in [0.2, 0.25) is 0 Å². The third-order valence-corrected chi connectivity index (χ3v) is 1.69. The molecule has 0 aromatic heterocycles. The van der Waals surface area contributed by atoms with E-state index in [4.69, 9.17) is 5.73 Å². The molecule has 0 aliphatic carbocycles. The zero-order valence-corrected chi connectivity index (χ0v) is 6.59. The first kappa shape index (κ1) is 8.54. The zero-order chi connectivity index (χ0) is 7.28. The van der Waals surface area contributed by atoms with E-state index in [1.54, 1.807) is 6.20 Å². The van der Waals surface area contributed by atoms with Crippen molar-refractivity contribution in [3.8, 4) is 0 Å². The maximum absolute atomic E-state index is 5.26. The lowest BCUT2D eigenvalue weighted by Crippen LogP contribution is -2.04. The number of hydrogen-bond acceptors (Lipinski definition) is 1. The minimum atomic E-state index is 0.662. The average Bonchev–Trinajstić information content (AvgIpc) is 1.82. The minimum Gasteiger partial charge on any atom is -0.405 e. The Morgan fingerprint density at radius 1 is 1.44 bits per heavy atom. The molecule has 0 spiro atoms. The first-order valence-electron chi connectivity index (χ1n) is 3.60. The molecule has 2 N–H and O–H groups in total. The predicted octanol–water partition coefficient (Wildman–Crippen LogP) is 2.14. The molecule has 0 heterocycles. The molecule has 54 valence electrons. The molecular weight excluding hydrogens is 110 g/mol. The predicted molar refractivity (Wildman–Crippen MR) is 41.9 cm³/mol. The molecule has 0 aromatic carbocycles. The van der Waals surface area contributed by atoms with Crippen LogP contribution in [0.1, 0.15) is 27.2 Å². The van der Waals surface area contributed by atoms with Crippen LogP contribution < -0.4 is 5.73 Å². The summed E-state index contributed by atoms with van der Waals surface area (Å²) >= 11 is 0. The maximum atomic E-state index is 5.26. The summed E-state index contributed by atoms with van der Waals surface area (Å²) in [6.45, 7) is 6.62. The van der Waals surface area contributed by atoms with E-state index in [0.29, 0.717) is 5.92 Å². The Balaban J connectivity index is 3.68. The SMILES string of the molecule is CCC(C=CN)C(C)C. The Bertz CT molecular complexity index is 84.6. The zero-order valence-electron chi connectivity index (χ0n) is 6.59. The van der Waals surface area contributed by atoms with E-state index in [-0.39, 0.29) is 0 Å². The third-order valence-electron chi connectivity index (χ3n) is 1.69. The van der Waals surface area contributed by atoms with E-state index < -0.39 is 0 Å². The molecule has 0 bridgehead atoms.